The third kappa shape index (κ3) is 2.51. The molecule has 4 heteroatoms. The molecule has 0 fully saturated rings. The number of hydrogen-bond acceptors (Lipinski definition) is 2. The Kier molecular flexibility index (Phi) is 3.94. The monoisotopic (exact) mass is 274 g/mol. The van der Waals surface area contributed by atoms with Crippen LogP contribution in [0.5, 0.6) is 0 Å². The molecule has 0 amide bonds. The fourth-order valence-electron chi connectivity index (χ4n) is 1.93. The van der Waals surface area contributed by atoms with Crippen molar-refractivity contribution in [1.82, 2.24) is 9.78 Å². The van der Waals surface area contributed by atoms with Gasteiger partial charge in [-0.05, 0) is 18.1 Å². The molecule has 0 bridgehead atoms. The van der Waals surface area contributed by atoms with Crippen LogP contribution < -0.4 is 0 Å². The molecule has 0 saturated heterocycles. The predicted octanol–water partition coefficient (Wildman–Crippen LogP) is 3.32. The first-order chi connectivity index (χ1) is 9.06. The number of aliphatic hydroxyl groups is 1. The number of rotatable bonds is 3. The second-order valence-corrected chi connectivity index (χ2v) is 4.92. The third-order valence-corrected chi connectivity index (χ3v) is 3.23. The highest BCUT2D eigenvalue weighted by molar-refractivity contribution is 6.30. The van der Waals surface area contributed by atoms with Gasteiger partial charge in [-0.1, -0.05) is 49.6 Å². The topological polar surface area (TPSA) is 38.1 Å². The zero-order valence-corrected chi connectivity index (χ0v) is 11.6. The first-order valence-corrected chi connectivity index (χ1v) is 6.42. The molecule has 0 radical (unpaired) electrons. The number of hydrogen-bond donors (Lipinski definition) is 1. The number of aliphatic hydroxyl groups excluding tert-OH is 1. The largest absolute Gasteiger partial charge is 0.376 e. The van der Waals surface area contributed by atoms with Gasteiger partial charge in [-0.25, -0.2) is 4.68 Å². The molecule has 1 heterocycles. The van der Waals surface area contributed by atoms with E-state index < -0.39 is 6.10 Å². The van der Waals surface area contributed by atoms with Gasteiger partial charge in [0.05, 0.1) is 16.9 Å². The van der Waals surface area contributed by atoms with Gasteiger partial charge in [0.15, 0.2) is 0 Å². The lowest BCUT2D eigenvalue weighted by Crippen LogP contribution is -1.99. The summed E-state index contributed by atoms with van der Waals surface area (Å²) in [7, 11) is 0. The number of halogens is 1. The lowest BCUT2D eigenvalue weighted by Gasteiger charge is -2.07. The number of para-hydroxylation sites is 1. The molecular formula is C15H15ClN2O. The second kappa shape index (κ2) is 5.48. The Balaban J connectivity index is 2.63. The molecule has 1 atom stereocenters. The Morgan fingerprint density at radius 1 is 1.32 bits per heavy atom. The summed E-state index contributed by atoms with van der Waals surface area (Å²) in [4.78, 5) is 0. The van der Waals surface area contributed by atoms with Crippen molar-refractivity contribution < 1.29 is 5.11 Å². The standard InChI is InChI=1S/C15H15ClN2O/c1-4-12(19)13-14(10(2)3)17-18(15(13)16)11-8-6-5-7-9-11/h1,5-10,12,19H,2-3H3. The molecule has 0 spiro atoms. The van der Waals surface area contributed by atoms with Crippen molar-refractivity contribution in [2.24, 2.45) is 0 Å². The molecule has 0 aliphatic carbocycles. The van der Waals surface area contributed by atoms with Gasteiger partial charge in [-0.3, -0.25) is 0 Å². The lowest BCUT2D eigenvalue weighted by molar-refractivity contribution is 0.237. The summed E-state index contributed by atoms with van der Waals surface area (Å²) < 4.78 is 1.60. The van der Waals surface area contributed by atoms with Gasteiger partial charge in [0.1, 0.15) is 11.3 Å². The summed E-state index contributed by atoms with van der Waals surface area (Å²) in [5.41, 5.74) is 2.08. The minimum Gasteiger partial charge on any atom is -0.376 e. The fraction of sp³-hybridized carbons (Fsp3) is 0.267. The van der Waals surface area contributed by atoms with Gasteiger partial charge in [-0.15, -0.1) is 6.42 Å². The van der Waals surface area contributed by atoms with Crippen molar-refractivity contribution in [3.8, 4) is 18.0 Å². The molecule has 3 nitrogen and oxygen atoms in total. The van der Waals surface area contributed by atoms with Gasteiger partial charge in [0.2, 0.25) is 0 Å². The first-order valence-electron chi connectivity index (χ1n) is 6.04. The highest BCUT2D eigenvalue weighted by Gasteiger charge is 2.23. The maximum atomic E-state index is 9.93. The van der Waals surface area contributed by atoms with Crippen molar-refractivity contribution >= 4 is 11.6 Å². The molecule has 1 unspecified atom stereocenters. The van der Waals surface area contributed by atoms with E-state index in [4.69, 9.17) is 18.0 Å². The van der Waals surface area contributed by atoms with Crippen LogP contribution in [-0.4, -0.2) is 14.9 Å². The van der Waals surface area contributed by atoms with E-state index in [1.807, 2.05) is 44.2 Å². The van der Waals surface area contributed by atoms with Crippen LogP contribution in [0.3, 0.4) is 0 Å². The summed E-state index contributed by atoms with van der Waals surface area (Å²) in [6.07, 6.45) is 4.25. The molecule has 2 rings (SSSR count). The van der Waals surface area contributed by atoms with E-state index in [0.717, 1.165) is 11.4 Å². The number of terminal acetylenes is 1. The van der Waals surface area contributed by atoms with E-state index in [9.17, 15) is 5.11 Å². The molecule has 98 valence electrons. The SMILES string of the molecule is C#CC(O)c1c(C(C)C)nn(-c2ccccc2)c1Cl. The van der Waals surface area contributed by atoms with Gasteiger partial charge >= 0.3 is 0 Å². The number of benzene rings is 1. The first kappa shape index (κ1) is 13.7. The minimum atomic E-state index is -1.04. The zero-order chi connectivity index (χ0) is 14.0. The maximum absolute atomic E-state index is 9.93. The maximum Gasteiger partial charge on any atom is 0.144 e. The highest BCUT2D eigenvalue weighted by atomic mass is 35.5. The van der Waals surface area contributed by atoms with E-state index in [0.29, 0.717) is 10.7 Å². The average molecular weight is 275 g/mol. The third-order valence-electron chi connectivity index (χ3n) is 2.87. The highest BCUT2D eigenvalue weighted by Crippen LogP contribution is 2.32. The molecule has 19 heavy (non-hydrogen) atoms. The molecule has 0 aliphatic heterocycles. The predicted molar refractivity (Wildman–Crippen MR) is 76.5 cm³/mol. The molecule has 2 aromatic rings. The molecule has 1 N–H and O–H groups in total. The van der Waals surface area contributed by atoms with Gasteiger partial charge in [-0.2, -0.15) is 5.10 Å². The molecule has 0 saturated carbocycles. The summed E-state index contributed by atoms with van der Waals surface area (Å²) in [5, 5.41) is 14.8. The van der Waals surface area contributed by atoms with E-state index >= 15 is 0 Å². The van der Waals surface area contributed by atoms with Crippen molar-refractivity contribution in [3.05, 3.63) is 46.7 Å². The Hall–Kier alpha value is -1.76. The van der Waals surface area contributed by atoms with Crippen LogP contribution in [0.1, 0.15) is 37.1 Å². The molecule has 1 aromatic heterocycles. The lowest BCUT2D eigenvalue weighted by atomic mass is 10.0. The summed E-state index contributed by atoms with van der Waals surface area (Å²) in [5.74, 6) is 2.43. The molecule has 0 aliphatic rings. The molecular weight excluding hydrogens is 260 g/mol. The van der Waals surface area contributed by atoms with Crippen molar-refractivity contribution in [2.45, 2.75) is 25.9 Å². The van der Waals surface area contributed by atoms with Crippen LogP contribution in [0.25, 0.3) is 5.69 Å². The number of aromatic nitrogens is 2. The minimum absolute atomic E-state index is 0.125. The Morgan fingerprint density at radius 2 is 1.95 bits per heavy atom. The van der Waals surface area contributed by atoms with Gasteiger partial charge in [0.25, 0.3) is 0 Å². The Morgan fingerprint density at radius 3 is 2.47 bits per heavy atom. The normalized spacial score (nSPS) is 12.4. The quantitative estimate of drug-likeness (QED) is 0.872. The van der Waals surface area contributed by atoms with Crippen LogP contribution in [0.4, 0.5) is 0 Å². The molecule has 1 aromatic carbocycles. The average Bonchev–Trinajstić information content (AvgIpc) is 2.77. The second-order valence-electron chi connectivity index (χ2n) is 4.56. The number of nitrogens with zero attached hydrogens (tertiary/aromatic N) is 2. The van der Waals surface area contributed by atoms with Gasteiger partial charge in [0, 0.05) is 0 Å². The Labute approximate surface area is 117 Å². The van der Waals surface area contributed by atoms with Gasteiger partial charge < -0.3 is 5.11 Å². The zero-order valence-electron chi connectivity index (χ0n) is 10.8. The summed E-state index contributed by atoms with van der Waals surface area (Å²) in [6.45, 7) is 3.97. The van der Waals surface area contributed by atoms with Crippen LogP contribution in [0.2, 0.25) is 5.15 Å². The van der Waals surface area contributed by atoms with Crippen LogP contribution in [0, 0.1) is 12.3 Å². The van der Waals surface area contributed by atoms with E-state index in [2.05, 4.69) is 11.0 Å². The van der Waals surface area contributed by atoms with E-state index in [-0.39, 0.29) is 5.92 Å². The van der Waals surface area contributed by atoms with Crippen molar-refractivity contribution in [2.75, 3.05) is 0 Å². The van der Waals surface area contributed by atoms with Crippen molar-refractivity contribution in [3.63, 3.8) is 0 Å². The smallest absolute Gasteiger partial charge is 0.144 e. The summed E-state index contributed by atoms with van der Waals surface area (Å²) >= 11 is 6.33. The van der Waals surface area contributed by atoms with Crippen LogP contribution in [-0.2, 0) is 0 Å². The van der Waals surface area contributed by atoms with E-state index in [1.54, 1.807) is 4.68 Å². The van der Waals surface area contributed by atoms with E-state index in [1.165, 1.54) is 0 Å². The van der Waals surface area contributed by atoms with Crippen molar-refractivity contribution in [1.29, 1.82) is 0 Å². The fourth-order valence-corrected chi connectivity index (χ4v) is 2.26. The Bertz CT molecular complexity index is 611. The van der Waals surface area contributed by atoms with Crippen LogP contribution >= 0.6 is 11.6 Å². The van der Waals surface area contributed by atoms with Crippen LogP contribution in [0.15, 0.2) is 30.3 Å². The summed E-state index contributed by atoms with van der Waals surface area (Å²) in [6, 6.07) is 9.52.